The first-order chi connectivity index (χ1) is 13.9. The van der Waals surface area contributed by atoms with Crippen molar-refractivity contribution in [3.63, 3.8) is 0 Å². The molecule has 1 aliphatic heterocycles. The molecule has 0 unspecified atom stereocenters. The largest absolute Gasteiger partial charge is 0.462 e. The van der Waals surface area contributed by atoms with Crippen LogP contribution in [-0.2, 0) is 9.53 Å². The van der Waals surface area contributed by atoms with Crippen LogP contribution in [0.2, 0.25) is 0 Å². The number of anilines is 1. The average Bonchev–Trinajstić information content (AvgIpc) is 2.89. The summed E-state index contributed by atoms with van der Waals surface area (Å²) in [5.74, 6) is -0.281. The highest BCUT2D eigenvalue weighted by molar-refractivity contribution is 6.05. The molecule has 0 radical (unpaired) electrons. The number of nitrogens with zero attached hydrogens (tertiary/aromatic N) is 1. The molecule has 0 bridgehead atoms. The lowest BCUT2D eigenvalue weighted by atomic mass is 9.72. The van der Waals surface area contributed by atoms with E-state index in [9.17, 15) is 9.59 Å². The molecule has 0 atom stereocenters. The van der Waals surface area contributed by atoms with E-state index in [0.717, 1.165) is 54.5 Å². The SMILES string of the molecule is CCOC(=O)c1cc(C)cc(C)c1NC(=O)C1([N+]2(CC)CCCCCC2)CCC1. The van der Waals surface area contributed by atoms with Crippen molar-refractivity contribution in [2.45, 2.75) is 78.2 Å². The van der Waals surface area contributed by atoms with Crippen LogP contribution in [0.1, 0.15) is 80.3 Å². The first kappa shape index (κ1) is 21.8. The summed E-state index contributed by atoms with van der Waals surface area (Å²) < 4.78 is 6.17. The van der Waals surface area contributed by atoms with Crippen molar-refractivity contribution < 1.29 is 18.8 Å². The standard InChI is InChI=1S/C24H36N2O3/c1-5-26(14-9-7-8-10-15-26)24(12-11-13-24)23(28)25-21-19(4)16-18(3)17-20(21)22(27)29-6-2/h16-17H,5-15H2,1-4H3/p+1. The molecule has 0 aromatic heterocycles. The second kappa shape index (κ2) is 8.86. The minimum Gasteiger partial charge on any atom is -0.462 e. The molecule has 1 aromatic rings. The Morgan fingerprint density at radius 3 is 2.21 bits per heavy atom. The van der Waals surface area contributed by atoms with Crippen LogP contribution in [0, 0.1) is 13.8 Å². The molecule has 2 aliphatic rings. The lowest BCUT2D eigenvalue weighted by Crippen LogP contribution is -2.72. The predicted molar refractivity (Wildman–Crippen MR) is 116 cm³/mol. The second-order valence-electron chi connectivity index (χ2n) is 8.89. The molecule has 160 valence electrons. The number of hydrogen-bond acceptors (Lipinski definition) is 3. The molecule has 1 amide bonds. The highest BCUT2D eigenvalue weighted by atomic mass is 16.5. The first-order valence-electron chi connectivity index (χ1n) is 11.3. The molecule has 29 heavy (non-hydrogen) atoms. The number of quaternary nitrogens is 1. The van der Waals surface area contributed by atoms with Crippen LogP contribution >= 0.6 is 0 Å². The first-order valence-corrected chi connectivity index (χ1v) is 11.3. The topological polar surface area (TPSA) is 55.4 Å². The van der Waals surface area contributed by atoms with Crippen LogP contribution in [0.5, 0.6) is 0 Å². The fourth-order valence-electron chi connectivity index (χ4n) is 5.50. The molecule has 1 N–H and O–H groups in total. The summed E-state index contributed by atoms with van der Waals surface area (Å²) in [5.41, 5.74) is 2.63. The molecule has 3 rings (SSSR count). The number of rotatable bonds is 6. The lowest BCUT2D eigenvalue weighted by molar-refractivity contribution is -0.970. The number of carbonyl (C=O) groups is 2. The van der Waals surface area contributed by atoms with Gasteiger partial charge in [-0.15, -0.1) is 0 Å². The maximum atomic E-state index is 13.8. The van der Waals surface area contributed by atoms with Crippen molar-refractivity contribution in [3.05, 3.63) is 28.8 Å². The number of aryl methyl sites for hydroxylation is 2. The summed E-state index contributed by atoms with van der Waals surface area (Å²) in [6, 6.07) is 3.84. The van der Waals surface area contributed by atoms with E-state index >= 15 is 0 Å². The van der Waals surface area contributed by atoms with Gasteiger partial charge in [0, 0.05) is 12.8 Å². The number of likely N-dealkylation sites (N-methyl/N-ethyl adjacent to an activating group) is 1. The summed E-state index contributed by atoms with van der Waals surface area (Å²) in [4.78, 5) is 26.4. The molecular formula is C24H37N2O3+. The molecule has 1 heterocycles. The van der Waals surface area contributed by atoms with E-state index in [-0.39, 0.29) is 17.4 Å². The van der Waals surface area contributed by atoms with Crippen LogP contribution in [0.15, 0.2) is 12.1 Å². The summed E-state index contributed by atoms with van der Waals surface area (Å²) >= 11 is 0. The third-order valence-corrected chi connectivity index (χ3v) is 7.25. The number of benzene rings is 1. The van der Waals surface area contributed by atoms with Crippen molar-refractivity contribution in [1.82, 2.24) is 0 Å². The molecule has 2 fully saturated rings. The molecule has 5 heteroatoms. The van der Waals surface area contributed by atoms with Gasteiger partial charge >= 0.3 is 5.97 Å². The zero-order valence-electron chi connectivity index (χ0n) is 18.6. The van der Waals surface area contributed by atoms with Gasteiger partial charge in [-0.3, -0.25) is 4.79 Å². The molecule has 1 aliphatic carbocycles. The molecule has 1 saturated carbocycles. The number of likely N-dealkylation sites (tertiary alicyclic amines) is 1. The van der Waals surface area contributed by atoms with Crippen molar-refractivity contribution in [2.24, 2.45) is 0 Å². The summed E-state index contributed by atoms with van der Waals surface area (Å²) in [6.07, 6.45) is 7.90. The van der Waals surface area contributed by atoms with Gasteiger partial charge in [0.1, 0.15) is 0 Å². The Morgan fingerprint density at radius 1 is 1.03 bits per heavy atom. The number of nitrogens with one attached hydrogen (secondary N) is 1. The highest BCUT2D eigenvalue weighted by Crippen LogP contribution is 2.45. The lowest BCUT2D eigenvalue weighted by Gasteiger charge is -2.56. The Labute approximate surface area is 175 Å². The van der Waals surface area contributed by atoms with Crippen LogP contribution in [0.4, 0.5) is 5.69 Å². The quantitative estimate of drug-likeness (QED) is 0.553. The van der Waals surface area contributed by atoms with Gasteiger partial charge in [0.25, 0.3) is 5.91 Å². The van der Waals surface area contributed by atoms with Crippen LogP contribution in [-0.4, -0.2) is 48.1 Å². The van der Waals surface area contributed by atoms with E-state index in [0.29, 0.717) is 17.9 Å². The summed E-state index contributed by atoms with van der Waals surface area (Å²) in [5, 5.41) is 3.21. The molecular weight excluding hydrogens is 364 g/mol. The zero-order chi connectivity index (χ0) is 21.1. The Balaban J connectivity index is 1.95. The number of carbonyl (C=O) groups excluding carboxylic acids is 2. The monoisotopic (exact) mass is 401 g/mol. The molecule has 5 nitrogen and oxygen atoms in total. The maximum Gasteiger partial charge on any atom is 0.340 e. The van der Waals surface area contributed by atoms with Gasteiger partial charge in [0.2, 0.25) is 0 Å². The summed E-state index contributed by atoms with van der Waals surface area (Å²) in [7, 11) is 0. The third-order valence-electron chi connectivity index (χ3n) is 7.25. The van der Waals surface area contributed by atoms with Crippen molar-refractivity contribution in [1.29, 1.82) is 0 Å². The average molecular weight is 402 g/mol. The second-order valence-corrected chi connectivity index (χ2v) is 8.89. The number of hydrogen-bond donors (Lipinski definition) is 1. The Kier molecular flexibility index (Phi) is 6.67. The van der Waals surface area contributed by atoms with E-state index in [2.05, 4.69) is 12.2 Å². The van der Waals surface area contributed by atoms with Gasteiger partial charge in [-0.05, 0) is 77.0 Å². The fourth-order valence-corrected chi connectivity index (χ4v) is 5.50. The number of ether oxygens (including phenoxy) is 1. The molecule has 1 saturated heterocycles. The minimum absolute atomic E-state index is 0.0880. The van der Waals surface area contributed by atoms with Crippen LogP contribution in [0.3, 0.4) is 0 Å². The number of amides is 1. The number of esters is 1. The Hall–Kier alpha value is -1.88. The van der Waals surface area contributed by atoms with Gasteiger partial charge < -0.3 is 14.5 Å². The van der Waals surface area contributed by atoms with Gasteiger partial charge in [-0.2, -0.15) is 0 Å². The van der Waals surface area contributed by atoms with E-state index < -0.39 is 0 Å². The normalized spacial score (nSPS) is 20.3. The fraction of sp³-hybridized carbons (Fsp3) is 0.667. The van der Waals surface area contributed by atoms with Crippen molar-refractivity contribution in [2.75, 3.05) is 31.6 Å². The van der Waals surface area contributed by atoms with Crippen molar-refractivity contribution in [3.8, 4) is 0 Å². The van der Waals surface area contributed by atoms with Gasteiger partial charge in [-0.1, -0.05) is 6.07 Å². The predicted octanol–water partition coefficient (Wildman–Crippen LogP) is 4.75. The van der Waals surface area contributed by atoms with Gasteiger partial charge in [0.15, 0.2) is 5.54 Å². The molecule has 1 aromatic carbocycles. The van der Waals surface area contributed by atoms with E-state index in [4.69, 9.17) is 4.74 Å². The van der Waals surface area contributed by atoms with E-state index in [1.165, 1.54) is 25.7 Å². The Morgan fingerprint density at radius 2 is 1.69 bits per heavy atom. The van der Waals surface area contributed by atoms with Crippen LogP contribution < -0.4 is 5.32 Å². The van der Waals surface area contributed by atoms with Gasteiger partial charge in [0.05, 0.1) is 37.5 Å². The highest BCUT2D eigenvalue weighted by Gasteiger charge is 2.59. The van der Waals surface area contributed by atoms with E-state index in [1.54, 1.807) is 6.92 Å². The Bertz CT molecular complexity index is 760. The van der Waals surface area contributed by atoms with Crippen LogP contribution in [0.25, 0.3) is 0 Å². The smallest absolute Gasteiger partial charge is 0.340 e. The van der Waals surface area contributed by atoms with E-state index in [1.807, 2.05) is 26.0 Å². The maximum absolute atomic E-state index is 13.8. The minimum atomic E-state index is -0.369. The van der Waals surface area contributed by atoms with Gasteiger partial charge in [-0.25, -0.2) is 4.79 Å². The third kappa shape index (κ3) is 3.94. The summed E-state index contributed by atoms with van der Waals surface area (Å²) in [6.45, 7) is 11.4. The van der Waals surface area contributed by atoms with Crippen molar-refractivity contribution >= 4 is 17.6 Å². The molecule has 0 spiro atoms. The zero-order valence-corrected chi connectivity index (χ0v) is 18.6.